The fourth-order valence-electron chi connectivity index (χ4n) is 3.00. The third kappa shape index (κ3) is 2.80. The van der Waals surface area contributed by atoms with E-state index in [1.807, 2.05) is 12.1 Å². The summed E-state index contributed by atoms with van der Waals surface area (Å²) in [6.45, 7) is 3.34. The molecule has 1 saturated heterocycles. The number of rotatable bonds is 4. The van der Waals surface area contributed by atoms with Gasteiger partial charge in [0, 0.05) is 18.7 Å². The molecule has 3 nitrogen and oxygen atoms in total. The average molecular weight is 289 g/mol. The number of fused-ring (bicyclic) bond motifs is 1. The summed E-state index contributed by atoms with van der Waals surface area (Å²) >= 11 is 2.09. The zero-order valence-corrected chi connectivity index (χ0v) is 13.0. The molecule has 1 fully saturated rings. The van der Waals surface area contributed by atoms with Crippen LogP contribution in [0.4, 0.5) is 5.69 Å². The van der Waals surface area contributed by atoms with Crippen LogP contribution in [0.15, 0.2) is 18.2 Å². The normalized spacial score (nSPS) is 16.9. The number of hydrogen-bond acceptors (Lipinski definition) is 3. The van der Waals surface area contributed by atoms with E-state index in [9.17, 15) is 0 Å². The molecule has 2 N–H and O–H groups in total. The lowest BCUT2D eigenvalue weighted by molar-refractivity contribution is 0.414. The molecule has 1 aliphatic rings. The van der Waals surface area contributed by atoms with Gasteiger partial charge in [-0.25, -0.2) is 4.98 Å². The highest BCUT2D eigenvalue weighted by Gasteiger charge is 2.18. The fraction of sp³-hybridized carbons (Fsp3) is 0.562. The van der Waals surface area contributed by atoms with Gasteiger partial charge in [-0.15, -0.1) is 0 Å². The summed E-state index contributed by atoms with van der Waals surface area (Å²) in [4.78, 5) is 4.81. The number of imidazole rings is 1. The van der Waals surface area contributed by atoms with Crippen molar-refractivity contribution < 1.29 is 0 Å². The van der Waals surface area contributed by atoms with Crippen LogP contribution in [0.1, 0.15) is 32.0 Å². The van der Waals surface area contributed by atoms with Crippen molar-refractivity contribution in [2.75, 3.05) is 17.2 Å². The second-order valence-electron chi connectivity index (χ2n) is 5.69. The fourth-order valence-corrected chi connectivity index (χ4v) is 4.21. The van der Waals surface area contributed by atoms with Crippen LogP contribution in [-0.4, -0.2) is 21.1 Å². The summed E-state index contributed by atoms with van der Waals surface area (Å²) in [6, 6.07) is 6.13. The van der Waals surface area contributed by atoms with Gasteiger partial charge in [0.15, 0.2) is 0 Å². The highest BCUT2D eigenvalue weighted by molar-refractivity contribution is 7.99. The van der Waals surface area contributed by atoms with Gasteiger partial charge in [0.25, 0.3) is 0 Å². The van der Waals surface area contributed by atoms with Crippen molar-refractivity contribution >= 4 is 28.5 Å². The molecule has 0 amide bonds. The molecule has 0 bridgehead atoms. The molecular weight excluding hydrogens is 266 g/mol. The Bertz CT molecular complexity index is 585. The average Bonchev–Trinajstić information content (AvgIpc) is 2.77. The van der Waals surface area contributed by atoms with E-state index in [-0.39, 0.29) is 0 Å². The Morgan fingerprint density at radius 3 is 2.90 bits per heavy atom. The minimum absolute atomic E-state index is 0.805. The smallest absolute Gasteiger partial charge is 0.109 e. The first-order chi connectivity index (χ1) is 9.78. The number of thioether (sulfide) groups is 1. The van der Waals surface area contributed by atoms with Gasteiger partial charge in [0.1, 0.15) is 5.82 Å². The second-order valence-corrected chi connectivity index (χ2v) is 6.92. The number of hydrogen-bond donors (Lipinski definition) is 1. The van der Waals surface area contributed by atoms with Crippen LogP contribution in [0.2, 0.25) is 0 Å². The van der Waals surface area contributed by atoms with Gasteiger partial charge in [-0.2, -0.15) is 11.8 Å². The lowest BCUT2D eigenvalue weighted by atomic mass is 10.0. The molecule has 20 heavy (non-hydrogen) atoms. The van der Waals surface area contributed by atoms with Crippen molar-refractivity contribution in [3.05, 3.63) is 24.0 Å². The molecule has 0 aliphatic carbocycles. The minimum Gasteiger partial charge on any atom is -0.399 e. The van der Waals surface area contributed by atoms with E-state index < -0.39 is 0 Å². The number of nitrogens with zero attached hydrogens (tertiary/aromatic N) is 2. The van der Waals surface area contributed by atoms with Crippen LogP contribution in [0.3, 0.4) is 0 Å². The van der Waals surface area contributed by atoms with Gasteiger partial charge in [0.2, 0.25) is 0 Å². The SMILES string of the molecule is CCCc1nc2cc(N)ccc2n1CC1CCSCC1. The van der Waals surface area contributed by atoms with Crippen LogP contribution in [0, 0.1) is 5.92 Å². The summed E-state index contributed by atoms with van der Waals surface area (Å²) < 4.78 is 2.44. The third-order valence-electron chi connectivity index (χ3n) is 4.11. The molecule has 0 saturated carbocycles. The Kier molecular flexibility index (Phi) is 4.20. The van der Waals surface area contributed by atoms with Gasteiger partial charge < -0.3 is 10.3 Å². The monoisotopic (exact) mass is 289 g/mol. The molecule has 2 aromatic rings. The highest BCUT2D eigenvalue weighted by Crippen LogP contribution is 2.27. The lowest BCUT2D eigenvalue weighted by Gasteiger charge is -2.23. The van der Waals surface area contributed by atoms with Gasteiger partial charge in [-0.05, 0) is 54.9 Å². The summed E-state index contributed by atoms with van der Waals surface area (Å²) in [5.41, 5.74) is 9.00. The zero-order chi connectivity index (χ0) is 13.9. The Morgan fingerprint density at radius 2 is 2.15 bits per heavy atom. The van der Waals surface area contributed by atoms with Crippen LogP contribution in [0.25, 0.3) is 11.0 Å². The maximum atomic E-state index is 5.89. The standard InChI is InChI=1S/C16H23N3S/c1-2-3-16-18-14-10-13(17)4-5-15(14)19(16)11-12-6-8-20-9-7-12/h4-5,10,12H,2-3,6-9,11,17H2,1H3. The van der Waals surface area contributed by atoms with Gasteiger partial charge >= 0.3 is 0 Å². The van der Waals surface area contributed by atoms with Crippen molar-refractivity contribution in [2.24, 2.45) is 5.92 Å². The van der Waals surface area contributed by atoms with Crippen LogP contribution in [0.5, 0.6) is 0 Å². The first kappa shape index (κ1) is 13.8. The van der Waals surface area contributed by atoms with Gasteiger partial charge in [-0.1, -0.05) is 6.92 Å². The highest BCUT2D eigenvalue weighted by atomic mass is 32.2. The number of aryl methyl sites for hydroxylation is 1. The van der Waals surface area contributed by atoms with E-state index in [2.05, 4.69) is 29.3 Å². The van der Waals surface area contributed by atoms with Gasteiger partial charge in [-0.3, -0.25) is 0 Å². The van der Waals surface area contributed by atoms with Gasteiger partial charge in [0.05, 0.1) is 11.0 Å². The maximum absolute atomic E-state index is 5.89. The van der Waals surface area contributed by atoms with Crippen LogP contribution < -0.4 is 5.73 Å². The number of aromatic nitrogens is 2. The number of benzene rings is 1. The van der Waals surface area contributed by atoms with Crippen molar-refractivity contribution in [1.82, 2.24) is 9.55 Å². The molecule has 1 aromatic carbocycles. The predicted molar refractivity (Wildman–Crippen MR) is 88.2 cm³/mol. The van der Waals surface area contributed by atoms with E-state index in [1.165, 1.54) is 35.7 Å². The number of nitrogens with two attached hydrogens (primary N) is 1. The van der Waals surface area contributed by atoms with Crippen molar-refractivity contribution in [1.29, 1.82) is 0 Å². The molecule has 4 heteroatoms. The Balaban J connectivity index is 1.95. The van der Waals surface area contributed by atoms with E-state index in [1.54, 1.807) is 0 Å². The number of anilines is 1. The Morgan fingerprint density at radius 1 is 1.35 bits per heavy atom. The molecule has 2 heterocycles. The summed E-state index contributed by atoms with van der Waals surface area (Å²) in [5, 5.41) is 0. The molecule has 1 aliphatic heterocycles. The third-order valence-corrected chi connectivity index (χ3v) is 5.16. The van der Waals surface area contributed by atoms with E-state index in [4.69, 9.17) is 10.7 Å². The molecular formula is C16H23N3S. The summed E-state index contributed by atoms with van der Waals surface area (Å²) in [6.07, 6.45) is 4.87. The summed E-state index contributed by atoms with van der Waals surface area (Å²) in [7, 11) is 0. The zero-order valence-electron chi connectivity index (χ0n) is 12.1. The van der Waals surface area contributed by atoms with E-state index in [0.29, 0.717) is 0 Å². The molecule has 0 atom stereocenters. The van der Waals surface area contributed by atoms with E-state index in [0.717, 1.165) is 36.5 Å². The maximum Gasteiger partial charge on any atom is 0.109 e. The van der Waals surface area contributed by atoms with Crippen LogP contribution in [-0.2, 0) is 13.0 Å². The molecule has 0 spiro atoms. The first-order valence-corrected chi connectivity index (χ1v) is 8.75. The Labute approximate surface area is 124 Å². The van der Waals surface area contributed by atoms with Crippen molar-refractivity contribution in [3.8, 4) is 0 Å². The molecule has 108 valence electrons. The van der Waals surface area contributed by atoms with E-state index >= 15 is 0 Å². The second kappa shape index (κ2) is 6.08. The van der Waals surface area contributed by atoms with Crippen LogP contribution >= 0.6 is 11.8 Å². The minimum atomic E-state index is 0.805. The molecule has 3 rings (SSSR count). The predicted octanol–water partition coefficient (Wildman–Crippen LogP) is 3.71. The van der Waals surface area contributed by atoms with Crippen molar-refractivity contribution in [2.45, 2.75) is 39.2 Å². The summed E-state index contributed by atoms with van der Waals surface area (Å²) in [5.74, 6) is 4.66. The molecule has 1 aromatic heterocycles. The molecule has 0 unspecified atom stereocenters. The lowest BCUT2D eigenvalue weighted by Crippen LogP contribution is -2.17. The first-order valence-electron chi connectivity index (χ1n) is 7.60. The Hall–Kier alpha value is -1.16. The van der Waals surface area contributed by atoms with Crippen molar-refractivity contribution in [3.63, 3.8) is 0 Å². The number of nitrogen functional groups attached to an aromatic ring is 1. The topological polar surface area (TPSA) is 43.8 Å². The molecule has 0 radical (unpaired) electrons. The largest absolute Gasteiger partial charge is 0.399 e. The quantitative estimate of drug-likeness (QED) is 0.873.